The zero-order chi connectivity index (χ0) is 17.9. The van der Waals surface area contributed by atoms with Crippen LogP contribution in [0, 0.1) is 0 Å². The van der Waals surface area contributed by atoms with E-state index in [4.69, 9.17) is 9.47 Å². The van der Waals surface area contributed by atoms with Crippen molar-refractivity contribution in [3.8, 4) is 11.5 Å². The van der Waals surface area contributed by atoms with Crippen LogP contribution in [0.3, 0.4) is 0 Å². The number of hydrogen-bond donors (Lipinski definition) is 2. The van der Waals surface area contributed by atoms with Crippen molar-refractivity contribution in [3.05, 3.63) is 48.5 Å². The van der Waals surface area contributed by atoms with Crippen LogP contribution < -0.4 is 20.1 Å². The second-order valence-corrected chi connectivity index (χ2v) is 5.01. The van der Waals surface area contributed by atoms with Crippen molar-refractivity contribution in [2.75, 3.05) is 26.8 Å². The van der Waals surface area contributed by atoms with Gasteiger partial charge in [-0.2, -0.15) is 0 Å². The van der Waals surface area contributed by atoms with Gasteiger partial charge in [0.05, 0.1) is 13.3 Å². The van der Waals surface area contributed by atoms with Gasteiger partial charge in [0.2, 0.25) is 0 Å². The lowest BCUT2D eigenvalue weighted by Crippen LogP contribution is -2.32. The van der Waals surface area contributed by atoms with E-state index in [0.29, 0.717) is 25.3 Å². The van der Waals surface area contributed by atoms with Crippen LogP contribution in [0.1, 0.15) is 16.9 Å². The fourth-order valence-corrected chi connectivity index (χ4v) is 1.90. The molecule has 2 rings (SSSR count). The normalized spacial score (nSPS) is 9.96. The summed E-state index contributed by atoms with van der Waals surface area (Å²) in [7, 11) is 1.58. The first-order chi connectivity index (χ1) is 12.2. The fourth-order valence-electron chi connectivity index (χ4n) is 1.90. The molecule has 0 radical (unpaired) electrons. The molecule has 0 aliphatic rings. The number of ether oxygens (including phenoxy) is 2. The second-order valence-electron chi connectivity index (χ2n) is 5.01. The minimum Gasteiger partial charge on any atom is -0.497 e. The average molecular weight is 344 g/mol. The van der Waals surface area contributed by atoms with Crippen molar-refractivity contribution in [1.82, 2.24) is 20.6 Å². The molecule has 0 unspecified atom stereocenters. The smallest absolute Gasteiger partial charge is 0.271 e. The number of nitrogens with zero attached hydrogens (tertiary/aromatic N) is 2. The van der Waals surface area contributed by atoms with E-state index < -0.39 is 0 Å². The minimum atomic E-state index is -0.290. The van der Waals surface area contributed by atoms with Gasteiger partial charge in [-0.3, -0.25) is 14.6 Å². The Labute approximate surface area is 145 Å². The SMILES string of the molecule is COc1ccc(OCC(=O)NCCCNC(=O)c2cnccn2)cc1. The fraction of sp³-hybridized carbons (Fsp3) is 0.294. The molecule has 1 aromatic carbocycles. The number of nitrogens with one attached hydrogen (secondary N) is 2. The molecular weight excluding hydrogens is 324 g/mol. The van der Waals surface area contributed by atoms with Crippen LogP contribution in [0.2, 0.25) is 0 Å². The van der Waals surface area contributed by atoms with E-state index >= 15 is 0 Å². The number of aromatic nitrogens is 2. The molecule has 0 fully saturated rings. The Hall–Kier alpha value is -3.16. The van der Waals surface area contributed by atoms with Gasteiger partial charge in [-0.15, -0.1) is 0 Å². The topological polar surface area (TPSA) is 102 Å². The third-order valence-electron chi connectivity index (χ3n) is 3.19. The van der Waals surface area contributed by atoms with Crippen LogP contribution in [-0.2, 0) is 4.79 Å². The maximum absolute atomic E-state index is 11.7. The molecule has 0 saturated carbocycles. The van der Waals surface area contributed by atoms with E-state index in [-0.39, 0.29) is 24.1 Å². The standard InChI is InChI=1S/C17H20N4O4/c1-24-13-3-5-14(6-4-13)25-12-16(22)20-7-2-8-21-17(23)15-11-18-9-10-19-15/h3-6,9-11H,2,7-8,12H2,1H3,(H,20,22)(H,21,23). The van der Waals surface area contributed by atoms with Crippen molar-refractivity contribution in [2.45, 2.75) is 6.42 Å². The van der Waals surface area contributed by atoms with E-state index in [9.17, 15) is 9.59 Å². The van der Waals surface area contributed by atoms with Crippen LogP contribution in [0.4, 0.5) is 0 Å². The second kappa shape index (κ2) is 9.86. The number of rotatable bonds is 9. The lowest BCUT2D eigenvalue weighted by atomic mass is 10.3. The Kier molecular flexibility index (Phi) is 7.17. The van der Waals surface area contributed by atoms with Crippen LogP contribution in [0.5, 0.6) is 11.5 Å². The lowest BCUT2D eigenvalue weighted by Gasteiger charge is -2.08. The molecule has 0 spiro atoms. The molecule has 8 heteroatoms. The highest BCUT2D eigenvalue weighted by Gasteiger charge is 2.06. The van der Waals surface area contributed by atoms with Crippen molar-refractivity contribution in [3.63, 3.8) is 0 Å². The molecular formula is C17H20N4O4. The molecule has 0 aliphatic heterocycles. The predicted octanol–water partition coefficient (Wildman–Crippen LogP) is 0.800. The van der Waals surface area contributed by atoms with E-state index in [1.165, 1.54) is 18.6 Å². The summed E-state index contributed by atoms with van der Waals surface area (Å²) in [6, 6.07) is 6.97. The van der Waals surface area contributed by atoms with Gasteiger partial charge < -0.3 is 20.1 Å². The Bertz CT molecular complexity index is 677. The van der Waals surface area contributed by atoms with Gasteiger partial charge in [0.1, 0.15) is 17.2 Å². The summed E-state index contributed by atoms with van der Waals surface area (Å²) in [4.78, 5) is 31.1. The first kappa shape index (κ1) is 18.2. The molecule has 0 aliphatic carbocycles. The first-order valence-electron chi connectivity index (χ1n) is 7.77. The molecule has 0 bridgehead atoms. The highest BCUT2D eigenvalue weighted by Crippen LogP contribution is 2.16. The number of amides is 2. The van der Waals surface area contributed by atoms with Crippen molar-refractivity contribution >= 4 is 11.8 Å². The van der Waals surface area contributed by atoms with Crippen molar-refractivity contribution < 1.29 is 19.1 Å². The van der Waals surface area contributed by atoms with Gasteiger partial charge in [-0.05, 0) is 30.7 Å². The zero-order valence-corrected chi connectivity index (χ0v) is 13.9. The summed E-state index contributed by atoms with van der Waals surface area (Å²) < 4.78 is 10.4. The predicted molar refractivity (Wildman–Crippen MR) is 90.5 cm³/mol. The molecule has 0 atom stereocenters. The number of benzene rings is 1. The lowest BCUT2D eigenvalue weighted by molar-refractivity contribution is -0.123. The van der Waals surface area contributed by atoms with Gasteiger partial charge in [-0.1, -0.05) is 0 Å². The summed E-state index contributed by atoms with van der Waals surface area (Å²) >= 11 is 0. The number of carbonyl (C=O) groups excluding carboxylic acids is 2. The summed E-state index contributed by atoms with van der Waals surface area (Å²) in [5, 5.41) is 5.43. The Balaban J connectivity index is 1.56. The number of methoxy groups -OCH3 is 1. The Morgan fingerprint density at radius 1 is 1.04 bits per heavy atom. The monoisotopic (exact) mass is 344 g/mol. The van der Waals surface area contributed by atoms with Gasteiger partial charge in [0.25, 0.3) is 11.8 Å². The Morgan fingerprint density at radius 3 is 2.44 bits per heavy atom. The molecule has 25 heavy (non-hydrogen) atoms. The summed E-state index contributed by atoms with van der Waals surface area (Å²) in [6.45, 7) is 0.791. The van der Waals surface area contributed by atoms with Crippen LogP contribution in [0.15, 0.2) is 42.9 Å². The maximum atomic E-state index is 11.7. The van der Waals surface area contributed by atoms with Crippen molar-refractivity contribution in [1.29, 1.82) is 0 Å². The van der Waals surface area contributed by atoms with E-state index in [2.05, 4.69) is 20.6 Å². The molecule has 1 aromatic heterocycles. The zero-order valence-electron chi connectivity index (χ0n) is 13.9. The molecule has 2 amide bonds. The first-order valence-corrected chi connectivity index (χ1v) is 7.77. The summed E-state index contributed by atoms with van der Waals surface area (Å²) in [6.07, 6.45) is 4.95. The third kappa shape index (κ3) is 6.46. The molecule has 0 saturated heterocycles. The largest absolute Gasteiger partial charge is 0.497 e. The Morgan fingerprint density at radius 2 is 1.76 bits per heavy atom. The van der Waals surface area contributed by atoms with Gasteiger partial charge in [0.15, 0.2) is 6.61 Å². The van der Waals surface area contributed by atoms with E-state index in [1.807, 2.05) is 0 Å². The van der Waals surface area contributed by atoms with Gasteiger partial charge in [0, 0.05) is 25.5 Å². The summed E-state index contributed by atoms with van der Waals surface area (Å²) in [5.74, 6) is 0.797. The quantitative estimate of drug-likeness (QED) is 0.652. The molecule has 2 N–H and O–H groups in total. The van der Waals surface area contributed by atoms with Gasteiger partial charge >= 0.3 is 0 Å². The summed E-state index contributed by atoms with van der Waals surface area (Å²) in [5.41, 5.74) is 0.263. The maximum Gasteiger partial charge on any atom is 0.271 e. The van der Waals surface area contributed by atoms with Crippen LogP contribution in [0.25, 0.3) is 0 Å². The van der Waals surface area contributed by atoms with E-state index in [0.717, 1.165) is 5.75 Å². The van der Waals surface area contributed by atoms with Crippen molar-refractivity contribution in [2.24, 2.45) is 0 Å². The van der Waals surface area contributed by atoms with E-state index in [1.54, 1.807) is 31.4 Å². The molecule has 132 valence electrons. The highest BCUT2D eigenvalue weighted by atomic mass is 16.5. The molecule has 8 nitrogen and oxygen atoms in total. The molecule has 1 heterocycles. The number of hydrogen-bond acceptors (Lipinski definition) is 6. The minimum absolute atomic E-state index is 0.0711. The van der Waals surface area contributed by atoms with Crippen LogP contribution >= 0.6 is 0 Å². The molecule has 2 aromatic rings. The average Bonchev–Trinajstić information content (AvgIpc) is 2.67. The number of carbonyl (C=O) groups is 2. The third-order valence-corrected chi connectivity index (χ3v) is 3.19. The van der Waals surface area contributed by atoms with Crippen LogP contribution in [-0.4, -0.2) is 48.6 Å². The van der Waals surface area contributed by atoms with Gasteiger partial charge in [-0.25, -0.2) is 4.98 Å². The highest BCUT2D eigenvalue weighted by molar-refractivity contribution is 5.91.